The van der Waals surface area contributed by atoms with Crippen molar-refractivity contribution >= 4 is 6.03 Å². The smallest absolute Gasteiger partial charge is 0.317 e. The van der Waals surface area contributed by atoms with E-state index < -0.39 is 0 Å². The number of rotatable bonds is 3. The van der Waals surface area contributed by atoms with Crippen molar-refractivity contribution < 1.29 is 4.79 Å². The van der Waals surface area contributed by atoms with Crippen molar-refractivity contribution in [3.8, 4) is 0 Å². The molecule has 0 atom stereocenters. The van der Waals surface area contributed by atoms with E-state index in [1.54, 1.807) is 0 Å². The molecule has 2 amide bonds. The van der Waals surface area contributed by atoms with Gasteiger partial charge in [-0.3, -0.25) is 0 Å². The molecule has 4 nitrogen and oxygen atoms in total. The first-order valence-corrected chi connectivity index (χ1v) is 5.97. The molecule has 4 heteroatoms. The molecule has 1 saturated heterocycles. The van der Waals surface area contributed by atoms with Crippen LogP contribution >= 0.6 is 0 Å². The lowest BCUT2D eigenvalue weighted by Crippen LogP contribution is -2.70. The van der Waals surface area contributed by atoms with Crippen LogP contribution in [0.2, 0.25) is 0 Å². The summed E-state index contributed by atoms with van der Waals surface area (Å²) < 4.78 is 0. The predicted octanol–water partition coefficient (Wildman–Crippen LogP) is 1.06. The van der Waals surface area contributed by atoms with Crippen LogP contribution in [0.25, 0.3) is 0 Å². The van der Waals surface area contributed by atoms with Crippen molar-refractivity contribution in [1.82, 2.24) is 10.2 Å². The SMILES string of the molecule is CCCC1(N)CN(C(=O)NC2CCC2)C1. The second kappa shape index (κ2) is 4.00. The minimum absolute atomic E-state index is 0.0804. The highest BCUT2D eigenvalue weighted by Crippen LogP contribution is 2.24. The third-order valence-electron chi connectivity index (χ3n) is 3.48. The van der Waals surface area contributed by atoms with E-state index in [1.165, 1.54) is 6.42 Å². The molecule has 2 rings (SSSR count). The van der Waals surface area contributed by atoms with Crippen molar-refractivity contribution in [3.05, 3.63) is 0 Å². The largest absolute Gasteiger partial charge is 0.335 e. The Bertz CT molecular complexity index is 244. The molecule has 0 bridgehead atoms. The van der Waals surface area contributed by atoms with E-state index in [1.807, 2.05) is 4.90 Å². The summed E-state index contributed by atoms with van der Waals surface area (Å²) in [4.78, 5) is 13.5. The van der Waals surface area contributed by atoms with E-state index in [0.29, 0.717) is 6.04 Å². The van der Waals surface area contributed by atoms with Crippen LogP contribution in [0.3, 0.4) is 0 Å². The van der Waals surface area contributed by atoms with Gasteiger partial charge in [0.25, 0.3) is 0 Å². The van der Waals surface area contributed by atoms with Crippen molar-refractivity contribution in [1.29, 1.82) is 0 Å². The van der Waals surface area contributed by atoms with Gasteiger partial charge in [0, 0.05) is 19.1 Å². The fraction of sp³-hybridized carbons (Fsp3) is 0.909. The lowest BCUT2D eigenvalue weighted by molar-refractivity contribution is 0.0857. The molecule has 0 unspecified atom stereocenters. The zero-order valence-electron chi connectivity index (χ0n) is 9.46. The number of amides is 2. The van der Waals surface area contributed by atoms with Gasteiger partial charge in [-0.25, -0.2) is 4.79 Å². The van der Waals surface area contributed by atoms with Crippen molar-refractivity contribution in [2.24, 2.45) is 5.73 Å². The van der Waals surface area contributed by atoms with Gasteiger partial charge in [-0.05, 0) is 25.7 Å². The van der Waals surface area contributed by atoms with Crippen molar-refractivity contribution in [2.75, 3.05) is 13.1 Å². The third-order valence-corrected chi connectivity index (χ3v) is 3.48. The highest BCUT2D eigenvalue weighted by Gasteiger charge is 2.41. The molecule has 1 heterocycles. The normalized spacial score (nSPS) is 24.3. The van der Waals surface area contributed by atoms with Gasteiger partial charge in [-0.15, -0.1) is 0 Å². The standard InChI is InChI=1S/C11H21N3O/c1-2-6-11(12)7-14(8-11)10(15)13-9-4-3-5-9/h9H,2-8,12H2,1H3,(H,13,15). The molecule has 86 valence electrons. The fourth-order valence-corrected chi connectivity index (χ4v) is 2.33. The molecule has 0 spiro atoms. The summed E-state index contributed by atoms with van der Waals surface area (Å²) in [6.45, 7) is 3.57. The van der Waals surface area contributed by atoms with E-state index in [9.17, 15) is 4.79 Å². The van der Waals surface area contributed by atoms with Gasteiger partial charge in [0.2, 0.25) is 0 Å². The van der Waals surface area contributed by atoms with E-state index in [0.717, 1.165) is 38.8 Å². The molecule has 0 aromatic carbocycles. The van der Waals surface area contributed by atoms with Gasteiger partial charge in [0.05, 0.1) is 5.54 Å². The number of carbonyl (C=O) groups is 1. The van der Waals surface area contributed by atoms with Gasteiger partial charge < -0.3 is 16.0 Å². The lowest BCUT2D eigenvalue weighted by atomic mass is 9.86. The number of likely N-dealkylation sites (tertiary alicyclic amines) is 1. The van der Waals surface area contributed by atoms with Gasteiger partial charge in [0.1, 0.15) is 0 Å². The Morgan fingerprint density at radius 1 is 1.53 bits per heavy atom. The summed E-state index contributed by atoms with van der Waals surface area (Å²) in [5.41, 5.74) is 5.99. The van der Waals surface area contributed by atoms with Crippen LogP contribution in [0.5, 0.6) is 0 Å². The summed E-state index contributed by atoms with van der Waals surface area (Å²) >= 11 is 0. The predicted molar refractivity (Wildman–Crippen MR) is 59.6 cm³/mol. The van der Waals surface area contributed by atoms with Crippen molar-refractivity contribution in [2.45, 2.75) is 50.6 Å². The number of carbonyl (C=O) groups excluding carboxylic acids is 1. The Morgan fingerprint density at radius 3 is 2.67 bits per heavy atom. The van der Waals surface area contributed by atoms with E-state index in [-0.39, 0.29) is 11.6 Å². The van der Waals surface area contributed by atoms with Crippen LogP contribution < -0.4 is 11.1 Å². The molecule has 1 aliphatic carbocycles. The second-order valence-electron chi connectivity index (χ2n) is 5.05. The number of nitrogens with zero attached hydrogens (tertiary/aromatic N) is 1. The summed E-state index contributed by atoms with van der Waals surface area (Å²) in [5.74, 6) is 0. The highest BCUT2D eigenvalue weighted by molar-refractivity contribution is 5.76. The van der Waals surface area contributed by atoms with Crippen LogP contribution in [-0.4, -0.2) is 35.6 Å². The summed E-state index contributed by atoms with van der Waals surface area (Å²) in [6, 6.07) is 0.508. The number of nitrogens with one attached hydrogen (secondary N) is 1. The van der Waals surface area contributed by atoms with Gasteiger partial charge >= 0.3 is 6.03 Å². The molecule has 0 aromatic rings. The Balaban J connectivity index is 1.71. The molecule has 3 N–H and O–H groups in total. The van der Waals surface area contributed by atoms with Crippen LogP contribution in [0.1, 0.15) is 39.0 Å². The van der Waals surface area contributed by atoms with Crippen LogP contribution in [0, 0.1) is 0 Å². The maximum absolute atomic E-state index is 11.7. The van der Waals surface area contributed by atoms with Gasteiger partial charge in [-0.1, -0.05) is 13.3 Å². The topological polar surface area (TPSA) is 58.4 Å². The minimum Gasteiger partial charge on any atom is -0.335 e. The van der Waals surface area contributed by atoms with Crippen LogP contribution in [-0.2, 0) is 0 Å². The maximum atomic E-state index is 11.7. The van der Waals surface area contributed by atoms with Gasteiger partial charge in [-0.2, -0.15) is 0 Å². The van der Waals surface area contributed by atoms with E-state index >= 15 is 0 Å². The third kappa shape index (κ3) is 2.25. The molecular weight excluding hydrogens is 190 g/mol. The van der Waals surface area contributed by atoms with E-state index in [2.05, 4.69) is 12.2 Å². The number of hydrogen-bond acceptors (Lipinski definition) is 2. The molecule has 1 aliphatic heterocycles. The van der Waals surface area contributed by atoms with Crippen LogP contribution in [0.15, 0.2) is 0 Å². The van der Waals surface area contributed by atoms with Crippen LogP contribution in [0.4, 0.5) is 4.79 Å². The average molecular weight is 211 g/mol. The molecule has 1 saturated carbocycles. The Hall–Kier alpha value is -0.770. The monoisotopic (exact) mass is 211 g/mol. The molecule has 15 heavy (non-hydrogen) atoms. The Labute approximate surface area is 91.2 Å². The summed E-state index contributed by atoms with van der Waals surface area (Å²) in [7, 11) is 0. The zero-order chi connectivity index (χ0) is 10.9. The molecule has 2 aliphatic rings. The highest BCUT2D eigenvalue weighted by atomic mass is 16.2. The average Bonchev–Trinajstić information content (AvgIpc) is 2.07. The van der Waals surface area contributed by atoms with E-state index in [4.69, 9.17) is 5.73 Å². The molecule has 0 aromatic heterocycles. The number of hydrogen-bond donors (Lipinski definition) is 2. The van der Waals surface area contributed by atoms with Crippen molar-refractivity contribution in [3.63, 3.8) is 0 Å². The summed E-state index contributed by atoms with van der Waals surface area (Å²) in [5, 5.41) is 3.03. The quantitative estimate of drug-likeness (QED) is 0.733. The molecule has 0 radical (unpaired) electrons. The van der Waals surface area contributed by atoms with Gasteiger partial charge in [0.15, 0.2) is 0 Å². The molecule has 2 fully saturated rings. The Morgan fingerprint density at radius 2 is 2.20 bits per heavy atom. The summed E-state index contributed by atoms with van der Waals surface area (Å²) in [6.07, 6.45) is 5.64. The first-order valence-electron chi connectivity index (χ1n) is 5.97. The lowest BCUT2D eigenvalue weighted by Gasteiger charge is -2.48. The second-order valence-corrected chi connectivity index (χ2v) is 5.05. The molecular formula is C11H21N3O. The number of urea groups is 1. The minimum atomic E-state index is -0.105. The first kappa shape index (κ1) is 10.7. The first-order chi connectivity index (χ1) is 7.13. The Kier molecular flexibility index (Phi) is 2.87. The number of nitrogens with two attached hydrogens (primary N) is 1. The maximum Gasteiger partial charge on any atom is 0.317 e. The fourth-order valence-electron chi connectivity index (χ4n) is 2.33. The zero-order valence-corrected chi connectivity index (χ0v) is 9.46.